The molecule has 0 aliphatic carbocycles. The van der Waals surface area contributed by atoms with E-state index in [1.807, 2.05) is 0 Å². The first-order valence-corrected chi connectivity index (χ1v) is 6.82. The molecule has 0 aromatic carbocycles. The minimum atomic E-state index is -1.10. The van der Waals surface area contributed by atoms with Crippen LogP contribution in [0.15, 0.2) is 0 Å². The highest BCUT2D eigenvalue weighted by Crippen LogP contribution is 1.95. The molecule has 0 unspecified atom stereocenters. The van der Waals surface area contributed by atoms with Crippen LogP contribution in [-0.4, -0.2) is 60.4 Å². The molecule has 3 atom stereocenters. The van der Waals surface area contributed by atoms with Crippen LogP contribution in [0.1, 0.15) is 19.8 Å². The minimum Gasteiger partial charge on any atom is -0.394 e. The lowest BCUT2D eigenvalue weighted by atomic mass is 10.1. The highest BCUT2D eigenvalue weighted by atomic mass is 16.3. The Labute approximate surface area is 128 Å². The largest absolute Gasteiger partial charge is 0.394 e. The monoisotopic (exact) mass is 316 g/mol. The molecule has 22 heavy (non-hydrogen) atoms. The average molecular weight is 316 g/mol. The number of aliphatic hydroxyl groups excluding tert-OH is 1. The Bertz CT molecular complexity index is 403. The van der Waals surface area contributed by atoms with E-state index in [1.165, 1.54) is 6.92 Å². The van der Waals surface area contributed by atoms with Gasteiger partial charge in [-0.2, -0.15) is 0 Å². The fraction of sp³-hybridized carbons (Fsp3) is 0.667. The predicted octanol–water partition coefficient (Wildman–Crippen LogP) is -3.24. The molecule has 0 radical (unpaired) electrons. The maximum absolute atomic E-state index is 11.8. The van der Waals surface area contributed by atoms with Crippen LogP contribution in [-0.2, 0) is 14.4 Å². The van der Waals surface area contributed by atoms with E-state index in [1.54, 1.807) is 0 Å². The molecule has 0 aliphatic heterocycles. The third kappa shape index (κ3) is 8.17. The van der Waals surface area contributed by atoms with Crippen molar-refractivity contribution in [3.05, 3.63) is 0 Å². The van der Waals surface area contributed by atoms with Crippen molar-refractivity contribution >= 4 is 24.1 Å². The topological polar surface area (TPSA) is 183 Å². The summed E-state index contributed by atoms with van der Waals surface area (Å²) in [6.45, 7) is 1.32. The quantitative estimate of drug-likeness (QED) is 0.0955. The lowest BCUT2D eigenvalue weighted by Crippen LogP contribution is -2.53. The second-order valence-corrected chi connectivity index (χ2v) is 4.75. The lowest BCUT2D eigenvalue weighted by molar-refractivity contribution is -0.130. The van der Waals surface area contributed by atoms with Gasteiger partial charge in [0.05, 0.1) is 12.6 Å². The molecule has 10 nitrogen and oxygen atoms in total. The number of hydrogen-bond donors (Lipinski definition) is 7. The van der Waals surface area contributed by atoms with Crippen molar-refractivity contribution in [1.82, 2.24) is 16.0 Å². The van der Waals surface area contributed by atoms with Crippen LogP contribution in [0.2, 0.25) is 0 Å². The summed E-state index contributed by atoms with van der Waals surface area (Å²) in [5, 5.41) is 23.1. The van der Waals surface area contributed by atoms with Crippen molar-refractivity contribution in [2.45, 2.75) is 37.9 Å². The van der Waals surface area contributed by atoms with Crippen molar-refractivity contribution in [3.63, 3.8) is 0 Å². The lowest BCUT2D eigenvalue weighted by Gasteiger charge is -2.19. The summed E-state index contributed by atoms with van der Waals surface area (Å²) in [6.07, 6.45) is 1.49. The van der Waals surface area contributed by atoms with Crippen molar-refractivity contribution < 1.29 is 19.5 Å². The molecule has 126 valence electrons. The molecular weight excluding hydrogens is 292 g/mol. The van der Waals surface area contributed by atoms with Crippen molar-refractivity contribution in [2.75, 3.05) is 13.2 Å². The van der Waals surface area contributed by atoms with Gasteiger partial charge in [-0.1, -0.05) is 0 Å². The molecular formula is C12H24N6O4. The third-order valence-corrected chi connectivity index (χ3v) is 2.78. The van der Waals surface area contributed by atoms with Gasteiger partial charge in [-0.15, -0.1) is 0 Å². The molecule has 0 aliphatic rings. The summed E-state index contributed by atoms with van der Waals surface area (Å²) in [6, 6.07) is -2.69. The fourth-order valence-electron chi connectivity index (χ4n) is 1.50. The van der Waals surface area contributed by atoms with Gasteiger partial charge >= 0.3 is 0 Å². The van der Waals surface area contributed by atoms with E-state index in [0.717, 1.165) is 0 Å². The van der Waals surface area contributed by atoms with E-state index in [4.69, 9.17) is 22.0 Å². The second kappa shape index (κ2) is 10.5. The Kier molecular flexibility index (Phi) is 9.46. The number of nitrogens with two attached hydrogens (primary N) is 2. The van der Waals surface area contributed by atoms with E-state index in [0.29, 0.717) is 25.7 Å². The zero-order chi connectivity index (χ0) is 17.1. The van der Waals surface area contributed by atoms with E-state index >= 15 is 0 Å². The van der Waals surface area contributed by atoms with E-state index in [2.05, 4.69) is 16.0 Å². The van der Waals surface area contributed by atoms with Crippen molar-refractivity contribution in [2.24, 2.45) is 11.5 Å². The number of carbonyl (C=O) groups is 3. The first-order chi connectivity index (χ1) is 10.3. The summed E-state index contributed by atoms with van der Waals surface area (Å²) in [5.74, 6) is -1.35. The summed E-state index contributed by atoms with van der Waals surface area (Å²) < 4.78 is 0. The van der Waals surface area contributed by atoms with Gasteiger partial charge in [0.2, 0.25) is 11.8 Å². The summed E-state index contributed by atoms with van der Waals surface area (Å²) in [7, 11) is 0. The van der Waals surface area contributed by atoms with Crippen LogP contribution in [0.5, 0.6) is 0 Å². The number of aliphatic hydroxyl groups is 1. The first-order valence-electron chi connectivity index (χ1n) is 6.82. The molecule has 2 amide bonds. The van der Waals surface area contributed by atoms with Crippen LogP contribution in [0.4, 0.5) is 0 Å². The highest BCUT2D eigenvalue weighted by Gasteiger charge is 2.21. The SMILES string of the molecule is C[C@H](NC(=O)[C@@H](N)CO)C(=O)N[C@H](C=O)CCCNC(=N)N. The summed E-state index contributed by atoms with van der Waals surface area (Å²) >= 11 is 0. The third-order valence-electron chi connectivity index (χ3n) is 2.78. The van der Waals surface area contributed by atoms with Gasteiger partial charge in [-0.3, -0.25) is 15.0 Å². The van der Waals surface area contributed by atoms with Gasteiger partial charge in [0.15, 0.2) is 5.96 Å². The zero-order valence-electron chi connectivity index (χ0n) is 12.5. The van der Waals surface area contributed by atoms with E-state index in [-0.39, 0.29) is 5.96 Å². The number of nitrogens with one attached hydrogen (secondary N) is 4. The van der Waals surface area contributed by atoms with Gasteiger partial charge in [0.1, 0.15) is 18.4 Å². The van der Waals surface area contributed by atoms with E-state index < -0.39 is 36.5 Å². The Balaban J connectivity index is 4.20. The standard InChI is InChI=1S/C12H24N6O4/c1-7(17-11(22)9(13)6-20)10(21)18-8(5-19)3-2-4-16-12(14)15/h5,7-9,20H,2-4,6,13H2,1H3,(H,17,22)(H,18,21)(H4,14,15,16)/t7-,8-,9-/m0/s1. The number of hydrogen-bond acceptors (Lipinski definition) is 6. The molecule has 0 saturated carbocycles. The molecule has 0 aromatic rings. The Hall–Kier alpha value is -2.20. The van der Waals surface area contributed by atoms with Gasteiger partial charge < -0.3 is 37.3 Å². The fourth-order valence-corrected chi connectivity index (χ4v) is 1.50. The van der Waals surface area contributed by atoms with Crippen molar-refractivity contribution in [3.8, 4) is 0 Å². The average Bonchev–Trinajstić information content (AvgIpc) is 2.48. The smallest absolute Gasteiger partial charge is 0.242 e. The molecule has 0 fully saturated rings. The maximum atomic E-state index is 11.8. The Morgan fingerprint density at radius 2 is 1.95 bits per heavy atom. The Morgan fingerprint density at radius 3 is 2.45 bits per heavy atom. The van der Waals surface area contributed by atoms with Crippen LogP contribution in [0, 0.1) is 5.41 Å². The minimum absolute atomic E-state index is 0.164. The molecule has 10 heteroatoms. The second-order valence-electron chi connectivity index (χ2n) is 4.75. The zero-order valence-corrected chi connectivity index (χ0v) is 12.5. The number of guanidine groups is 1. The van der Waals surface area contributed by atoms with Crippen LogP contribution < -0.4 is 27.4 Å². The van der Waals surface area contributed by atoms with Crippen LogP contribution >= 0.6 is 0 Å². The Morgan fingerprint density at radius 1 is 1.32 bits per heavy atom. The van der Waals surface area contributed by atoms with E-state index in [9.17, 15) is 14.4 Å². The molecule has 9 N–H and O–H groups in total. The molecule has 0 heterocycles. The van der Waals surface area contributed by atoms with Gasteiger partial charge in [0.25, 0.3) is 0 Å². The van der Waals surface area contributed by atoms with Crippen LogP contribution in [0.25, 0.3) is 0 Å². The highest BCUT2D eigenvalue weighted by molar-refractivity contribution is 5.90. The predicted molar refractivity (Wildman–Crippen MR) is 79.8 cm³/mol. The molecule has 0 saturated heterocycles. The molecule has 0 aromatic heterocycles. The van der Waals surface area contributed by atoms with Crippen molar-refractivity contribution in [1.29, 1.82) is 5.41 Å². The molecule has 0 rings (SSSR count). The summed E-state index contributed by atoms with van der Waals surface area (Å²) in [5.41, 5.74) is 10.4. The van der Waals surface area contributed by atoms with Gasteiger partial charge in [0, 0.05) is 6.54 Å². The van der Waals surface area contributed by atoms with Gasteiger partial charge in [-0.25, -0.2) is 0 Å². The number of carbonyl (C=O) groups excluding carboxylic acids is 3. The first kappa shape index (κ1) is 19.8. The number of amides is 2. The normalized spacial score (nSPS) is 14.3. The maximum Gasteiger partial charge on any atom is 0.242 e. The molecule has 0 spiro atoms. The van der Waals surface area contributed by atoms with Gasteiger partial charge in [-0.05, 0) is 19.8 Å². The van der Waals surface area contributed by atoms with Crippen LogP contribution in [0.3, 0.4) is 0 Å². The summed E-state index contributed by atoms with van der Waals surface area (Å²) in [4.78, 5) is 34.2. The molecule has 0 bridgehead atoms. The number of aldehydes is 1. The number of rotatable bonds is 10.